The van der Waals surface area contributed by atoms with Crippen molar-refractivity contribution in [3.8, 4) is 0 Å². The van der Waals surface area contributed by atoms with Crippen molar-refractivity contribution in [2.45, 2.75) is 271 Å². The Bertz CT molecular complexity index is 613. The Kier molecular flexibility index (Phi) is 49.7. The van der Waals surface area contributed by atoms with Crippen molar-refractivity contribution in [3.63, 3.8) is 0 Å². The van der Waals surface area contributed by atoms with Crippen LogP contribution in [0, 0.1) is 0 Å². The molecule has 53 heavy (non-hydrogen) atoms. The second kappa shape index (κ2) is 49.9. The molecule has 0 radical (unpaired) electrons. The second-order valence-electron chi connectivity index (χ2n) is 17.1. The van der Waals surface area contributed by atoms with Gasteiger partial charge in [-0.15, -0.1) is 0 Å². The van der Waals surface area contributed by atoms with Crippen LogP contribution in [-0.2, 0) is 0 Å². The van der Waals surface area contributed by atoms with Gasteiger partial charge >= 0.3 is 0 Å². The molecule has 0 aliphatic carbocycles. The summed E-state index contributed by atoms with van der Waals surface area (Å²) in [5.74, 6) is 0. The summed E-state index contributed by atoms with van der Waals surface area (Å²) in [5.41, 5.74) is 0. The predicted molar refractivity (Wildman–Crippen MR) is 243 cm³/mol. The monoisotopic (exact) mass is 749 g/mol. The zero-order valence-corrected chi connectivity index (χ0v) is 37.4. The molecular weight excluding hydrogens is 645 g/mol. The highest BCUT2D eigenvalue weighted by Crippen LogP contribution is 2.17. The van der Waals surface area contributed by atoms with Crippen LogP contribution in [0.4, 0.5) is 0 Å². The Balaban J connectivity index is 3.46. The first-order valence-corrected chi connectivity index (χ1v) is 25.2. The summed E-state index contributed by atoms with van der Waals surface area (Å²) in [7, 11) is 0. The molecule has 0 rings (SSSR count). The molecule has 4 N–H and O–H groups in total. The van der Waals surface area contributed by atoms with Gasteiger partial charge in [0.05, 0.1) is 0 Å². The van der Waals surface area contributed by atoms with Crippen LogP contribution < -0.4 is 21.3 Å². The molecule has 0 aromatic heterocycles. The molecule has 0 aromatic rings. The molecule has 0 aliphatic heterocycles. The van der Waals surface area contributed by atoms with Crippen molar-refractivity contribution >= 4 is 0 Å². The van der Waals surface area contributed by atoms with E-state index < -0.39 is 0 Å². The Morgan fingerprint density at radius 1 is 0.226 bits per heavy atom. The normalized spacial score (nSPS) is 12.3. The van der Waals surface area contributed by atoms with E-state index in [4.69, 9.17) is 0 Å². The zero-order chi connectivity index (χ0) is 38.2. The van der Waals surface area contributed by atoms with Crippen molar-refractivity contribution in [1.29, 1.82) is 0 Å². The predicted octanol–water partition coefficient (Wildman–Crippen LogP) is 14.6. The van der Waals surface area contributed by atoms with Gasteiger partial charge in [-0.2, -0.15) is 0 Å². The van der Waals surface area contributed by atoms with Gasteiger partial charge in [0.25, 0.3) is 0 Å². The minimum atomic E-state index is 0.720. The maximum atomic E-state index is 3.91. The van der Waals surface area contributed by atoms with Gasteiger partial charge in [-0.05, 0) is 25.8 Å². The van der Waals surface area contributed by atoms with Gasteiger partial charge in [0.1, 0.15) is 0 Å². The lowest BCUT2D eigenvalue weighted by atomic mass is 10.00. The van der Waals surface area contributed by atoms with E-state index in [0.717, 1.165) is 45.3 Å². The summed E-state index contributed by atoms with van der Waals surface area (Å²) in [5, 5.41) is 14.8. The third-order valence-electron chi connectivity index (χ3n) is 11.7. The SMILES string of the molecule is CCCCCCCCCCCCCCCCCCCCCCCC(CCCCC)NCCNCCNCCNCCCCCCCCCCCCCC. The standard InChI is InChI=1S/C49H104N4/c1-4-7-10-12-14-16-18-20-21-22-23-24-25-26-27-28-29-31-33-35-38-41-49(40-37-9-6-3)53-48-47-52-46-45-51-44-43-50-42-39-36-34-32-30-19-17-15-13-11-8-5-2/h49-53H,4-48H2,1-3H3. The molecule has 0 saturated carbocycles. The van der Waals surface area contributed by atoms with Crippen LogP contribution in [0.3, 0.4) is 0 Å². The van der Waals surface area contributed by atoms with Crippen molar-refractivity contribution in [2.24, 2.45) is 0 Å². The Morgan fingerprint density at radius 3 is 0.792 bits per heavy atom. The number of nitrogens with one attached hydrogen (secondary N) is 4. The van der Waals surface area contributed by atoms with E-state index in [2.05, 4.69) is 42.0 Å². The topological polar surface area (TPSA) is 48.1 Å². The van der Waals surface area contributed by atoms with E-state index in [1.54, 1.807) is 0 Å². The summed E-state index contributed by atoms with van der Waals surface area (Å²) in [4.78, 5) is 0. The van der Waals surface area contributed by atoms with E-state index in [1.807, 2.05) is 0 Å². The van der Waals surface area contributed by atoms with Crippen LogP contribution in [0.5, 0.6) is 0 Å². The van der Waals surface area contributed by atoms with Crippen LogP contribution in [0.15, 0.2) is 0 Å². The van der Waals surface area contributed by atoms with Crippen LogP contribution >= 0.6 is 0 Å². The summed E-state index contributed by atoms with van der Waals surface area (Å²) in [6, 6.07) is 0.720. The Morgan fingerprint density at radius 2 is 0.453 bits per heavy atom. The van der Waals surface area contributed by atoms with E-state index >= 15 is 0 Å². The van der Waals surface area contributed by atoms with Gasteiger partial charge in [-0.3, -0.25) is 0 Å². The fraction of sp³-hybridized carbons (Fsp3) is 1.00. The molecule has 4 heteroatoms. The molecule has 0 fully saturated rings. The van der Waals surface area contributed by atoms with Crippen LogP contribution in [0.1, 0.15) is 265 Å². The van der Waals surface area contributed by atoms with Gasteiger partial charge in [-0.25, -0.2) is 0 Å². The maximum absolute atomic E-state index is 3.91. The van der Waals surface area contributed by atoms with Gasteiger partial charge in [0.15, 0.2) is 0 Å². The van der Waals surface area contributed by atoms with Crippen LogP contribution in [-0.4, -0.2) is 51.9 Å². The molecule has 4 nitrogen and oxygen atoms in total. The van der Waals surface area contributed by atoms with Crippen LogP contribution in [0.2, 0.25) is 0 Å². The highest BCUT2D eigenvalue weighted by molar-refractivity contribution is 4.69. The smallest absolute Gasteiger partial charge is 0.00793 e. The fourth-order valence-electron chi connectivity index (χ4n) is 8.00. The minimum absolute atomic E-state index is 0.720. The lowest BCUT2D eigenvalue weighted by Gasteiger charge is -2.19. The molecule has 0 saturated heterocycles. The number of rotatable bonds is 49. The summed E-state index contributed by atoms with van der Waals surface area (Å²) >= 11 is 0. The van der Waals surface area contributed by atoms with Crippen molar-refractivity contribution in [2.75, 3.05) is 45.8 Å². The molecule has 0 amide bonds. The van der Waals surface area contributed by atoms with Crippen molar-refractivity contribution in [3.05, 3.63) is 0 Å². The molecule has 0 aliphatic rings. The van der Waals surface area contributed by atoms with E-state index in [1.165, 1.54) is 251 Å². The lowest BCUT2D eigenvalue weighted by molar-refractivity contribution is 0.412. The average Bonchev–Trinajstić information content (AvgIpc) is 3.17. The van der Waals surface area contributed by atoms with Gasteiger partial charge in [0.2, 0.25) is 0 Å². The first-order chi connectivity index (χ1) is 26.3. The molecule has 1 atom stereocenters. The number of hydrogen-bond acceptors (Lipinski definition) is 4. The van der Waals surface area contributed by atoms with Gasteiger partial charge in [-0.1, -0.05) is 245 Å². The van der Waals surface area contributed by atoms with Gasteiger partial charge in [0, 0.05) is 45.3 Å². The molecular formula is C49H104N4. The number of hydrogen-bond donors (Lipinski definition) is 4. The fourth-order valence-corrected chi connectivity index (χ4v) is 8.00. The minimum Gasteiger partial charge on any atom is -0.315 e. The number of unbranched alkanes of at least 4 members (excludes halogenated alkanes) is 33. The zero-order valence-electron chi connectivity index (χ0n) is 37.4. The van der Waals surface area contributed by atoms with E-state index in [9.17, 15) is 0 Å². The lowest BCUT2D eigenvalue weighted by Crippen LogP contribution is -2.38. The van der Waals surface area contributed by atoms with Crippen molar-refractivity contribution < 1.29 is 0 Å². The van der Waals surface area contributed by atoms with E-state index in [-0.39, 0.29) is 0 Å². The summed E-state index contributed by atoms with van der Waals surface area (Å²) in [6.45, 7) is 14.6. The van der Waals surface area contributed by atoms with Crippen molar-refractivity contribution in [1.82, 2.24) is 21.3 Å². The Hall–Kier alpha value is -0.160. The maximum Gasteiger partial charge on any atom is 0.00793 e. The molecule has 320 valence electrons. The average molecular weight is 749 g/mol. The first-order valence-electron chi connectivity index (χ1n) is 25.2. The quantitative estimate of drug-likeness (QED) is 0.0468. The highest BCUT2D eigenvalue weighted by Gasteiger charge is 2.07. The third-order valence-corrected chi connectivity index (χ3v) is 11.7. The Labute approximate surface area is 336 Å². The third kappa shape index (κ3) is 47.9. The van der Waals surface area contributed by atoms with Gasteiger partial charge < -0.3 is 21.3 Å². The first kappa shape index (κ1) is 52.8. The molecule has 0 spiro atoms. The summed E-state index contributed by atoms with van der Waals surface area (Å²) < 4.78 is 0. The molecule has 1 unspecified atom stereocenters. The largest absolute Gasteiger partial charge is 0.315 e. The molecule has 0 aromatic carbocycles. The molecule has 0 heterocycles. The second-order valence-corrected chi connectivity index (χ2v) is 17.1. The summed E-state index contributed by atoms with van der Waals surface area (Å²) in [6.07, 6.45) is 54.7. The molecule has 0 bridgehead atoms. The highest BCUT2D eigenvalue weighted by atomic mass is 15.0. The van der Waals surface area contributed by atoms with E-state index in [0.29, 0.717) is 0 Å². The van der Waals surface area contributed by atoms with Crippen LogP contribution in [0.25, 0.3) is 0 Å².